The van der Waals surface area contributed by atoms with Crippen LogP contribution in [0.5, 0.6) is 0 Å². The van der Waals surface area contributed by atoms with E-state index in [-0.39, 0.29) is 11.5 Å². The smallest absolute Gasteiger partial charge is 0.275 e. The first-order chi connectivity index (χ1) is 13.5. The fourth-order valence-electron chi connectivity index (χ4n) is 3.05. The molecule has 1 aromatic carbocycles. The van der Waals surface area contributed by atoms with Crippen molar-refractivity contribution >= 4 is 23.1 Å². The van der Waals surface area contributed by atoms with Crippen LogP contribution in [0.1, 0.15) is 11.1 Å². The Morgan fingerprint density at radius 3 is 2.71 bits per heavy atom. The molecule has 6 nitrogen and oxygen atoms in total. The summed E-state index contributed by atoms with van der Waals surface area (Å²) in [6.07, 6.45) is 4.74. The molecule has 4 rings (SSSR count). The van der Waals surface area contributed by atoms with Crippen LogP contribution in [0.2, 0.25) is 0 Å². The molecule has 2 aromatic heterocycles. The Balaban J connectivity index is 1.67. The number of rotatable bonds is 3. The van der Waals surface area contributed by atoms with Crippen LogP contribution in [0.15, 0.2) is 53.9 Å². The molecule has 1 aliphatic rings. The second kappa shape index (κ2) is 7.15. The lowest BCUT2D eigenvalue weighted by atomic mass is 9.93. The van der Waals surface area contributed by atoms with E-state index in [1.54, 1.807) is 18.5 Å². The third-order valence-corrected chi connectivity index (χ3v) is 4.36. The highest BCUT2D eigenvalue weighted by atomic mass is 19.1. The topological polar surface area (TPSA) is 93.3 Å². The zero-order chi connectivity index (χ0) is 19.7. The first kappa shape index (κ1) is 17.7. The van der Waals surface area contributed by atoms with Crippen LogP contribution < -0.4 is 11.1 Å². The highest BCUT2D eigenvalue weighted by Crippen LogP contribution is 2.26. The number of amides is 1. The van der Waals surface area contributed by atoms with Gasteiger partial charge in [0.1, 0.15) is 11.5 Å². The number of hydrogen-bond donors (Lipinski definition) is 2. The van der Waals surface area contributed by atoms with E-state index in [0.717, 1.165) is 22.9 Å². The molecule has 0 unspecified atom stereocenters. The largest absolute Gasteiger partial charge is 0.397 e. The molecule has 28 heavy (non-hydrogen) atoms. The lowest BCUT2D eigenvalue weighted by Gasteiger charge is -2.18. The first-order valence-corrected chi connectivity index (χ1v) is 8.52. The first-order valence-electron chi connectivity index (χ1n) is 8.52. The Kier molecular flexibility index (Phi) is 4.52. The second-order valence-corrected chi connectivity index (χ2v) is 6.30. The van der Waals surface area contributed by atoms with Crippen molar-refractivity contribution in [2.75, 3.05) is 17.6 Å². The molecule has 1 aliphatic heterocycles. The van der Waals surface area contributed by atoms with E-state index in [0.29, 0.717) is 30.3 Å². The maximum atomic E-state index is 13.8. The molecule has 8 heteroatoms. The maximum Gasteiger partial charge on any atom is 0.275 e. The number of halogens is 2. The van der Waals surface area contributed by atoms with Crippen molar-refractivity contribution in [3.8, 4) is 11.1 Å². The number of pyridine rings is 2. The van der Waals surface area contributed by atoms with Gasteiger partial charge in [0.05, 0.1) is 11.9 Å². The number of fused-ring (bicyclic) bond motifs is 1. The number of carbonyl (C=O) groups excluding carboxylic acids is 1. The van der Waals surface area contributed by atoms with Gasteiger partial charge in [0, 0.05) is 36.1 Å². The third kappa shape index (κ3) is 3.44. The molecular formula is C20H15F2N5O. The molecule has 0 bridgehead atoms. The molecule has 3 heterocycles. The molecule has 0 saturated carbocycles. The fraction of sp³-hybridized carbons (Fsp3) is 0.100. The van der Waals surface area contributed by atoms with Crippen LogP contribution in [0.4, 0.5) is 20.3 Å². The Morgan fingerprint density at radius 2 is 1.93 bits per heavy atom. The number of nitrogens with two attached hydrogens (primary N) is 1. The normalized spacial score (nSPS) is 12.9. The van der Waals surface area contributed by atoms with Crippen LogP contribution >= 0.6 is 0 Å². The molecule has 0 aliphatic carbocycles. The molecule has 0 fully saturated rings. The van der Waals surface area contributed by atoms with Crippen LogP contribution in [0.25, 0.3) is 11.1 Å². The number of nitrogens with zero attached hydrogens (tertiary/aromatic N) is 3. The standard InChI is InChI=1S/C20H15F2N5O/c21-14-7-17(22)19(26-9-14)27-20(28)18-16-6-12(2-1-11(16)3-4-25-18)13-5-15(23)10-24-8-13/h1-2,5-10H,3-4,23H2,(H,26,27,28). The van der Waals surface area contributed by atoms with E-state index < -0.39 is 17.5 Å². The molecule has 3 aromatic rings. The summed E-state index contributed by atoms with van der Waals surface area (Å²) in [7, 11) is 0. The number of benzene rings is 1. The van der Waals surface area contributed by atoms with E-state index in [4.69, 9.17) is 5.73 Å². The predicted octanol–water partition coefficient (Wildman–Crippen LogP) is 2.99. The van der Waals surface area contributed by atoms with Crippen molar-refractivity contribution < 1.29 is 13.6 Å². The maximum absolute atomic E-state index is 13.8. The number of hydrogen-bond acceptors (Lipinski definition) is 5. The van der Waals surface area contributed by atoms with Crippen molar-refractivity contribution in [2.45, 2.75) is 6.42 Å². The zero-order valence-corrected chi connectivity index (χ0v) is 14.6. The molecule has 3 N–H and O–H groups in total. The summed E-state index contributed by atoms with van der Waals surface area (Å²) in [4.78, 5) is 24.7. The molecular weight excluding hydrogens is 364 g/mol. The van der Waals surface area contributed by atoms with Crippen molar-refractivity contribution in [3.05, 3.63) is 71.7 Å². The average Bonchev–Trinajstić information content (AvgIpc) is 2.69. The minimum Gasteiger partial charge on any atom is -0.397 e. The minimum absolute atomic E-state index is 0.172. The van der Waals surface area contributed by atoms with Gasteiger partial charge in [-0.1, -0.05) is 12.1 Å². The number of aromatic nitrogens is 2. The van der Waals surface area contributed by atoms with Crippen molar-refractivity contribution in [1.29, 1.82) is 0 Å². The van der Waals surface area contributed by atoms with Crippen LogP contribution in [-0.4, -0.2) is 28.1 Å². The van der Waals surface area contributed by atoms with Gasteiger partial charge in [-0.05, 0) is 29.7 Å². The SMILES string of the molecule is Nc1cncc(-c2ccc3c(c2)C(C(=O)Nc2ncc(F)cc2F)=NCC3)c1. The molecule has 0 saturated heterocycles. The lowest BCUT2D eigenvalue weighted by molar-refractivity contribution is -0.110. The van der Waals surface area contributed by atoms with Crippen LogP contribution in [-0.2, 0) is 11.2 Å². The van der Waals surface area contributed by atoms with Gasteiger partial charge in [-0.3, -0.25) is 14.8 Å². The minimum atomic E-state index is -0.954. The van der Waals surface area contributed by atoms with Crippen LogP contribution in [0, 0.1) is 11.6 Å². The van der Waals surface area contributed by atoms with Gasteiger partial charge in [-0.25, -0.2) is 13.8 Å². The number of nitrogens with one attached hydrogen (secondary N) is 1. The molecule has 0 spiro atoms. The number of aliphatic imine (C=N–C) groups is 1. The number of carbonyl (C=O) groups is 1. The Labute approximate surface area is 159 Å². The summed E-state index contributed by atoms with van der Waals surface area (Å²) in [6, 6.07) is 8.12. The van der Waals surface area contributed by atoms with Gasteiger partial charge in [-0.2, -0.15) is 0 Å². The summed E-state index contributed by atoms with van der Waals surface area (Å²) >= 11 is 0. The summed E-state index contributed by atoms with van der Waals surface area (Å²) < 4.78 is 26.8. The van der Waals surface area contributed by atoms with Gasteiger partial charge in [-0.15, -0.1) is 0 Å². The fourth-order valence-corrected chi connectivity index (χ4v) is 3.05. The van der Waals surface area contributed by atoms with Crippen LogP contribution in [0.3, 0.4) is 0 Å². The number of anilines is 2. The van der Waals surface area contributed by atoms with Gasteiger partial charge >= 0.3 is 0 Å². The highest BCUT2D eigenvalue weighted by Gasteiger charge is 2.22. The Hall–Kier alpha value is -3.68. The highest BCUT2D eigenvalue weighted by molar-refractivity contribution is 6.49. The van der Waals surface area contributed by atoms with Crippen molar-refractivity contribution in [1.82, 2.24) is 9.97 Å². The van der Waals surface area contributed by atoms with E-state index in [2.05, 4.69) is 20.3 Å². The predicted molar refractivity (Wildman–Crippen MR) is 102 cm³/mol. The van der Waals surface area contributed by atoms with E-state index in [9.17, 15) is 13.6 Å². The van der Waals surface area contributed by atoms with E-state index in [1.807, 2.05) is 18.2 Å². The second-order valence-electron chi connectivity index (χ2n) is 6.30. The molecule has 0 atom stereocenters. The summed E-state index contributed by atoms with van der Waals surface area (Å²) in [5.74, 6) is -2.74. The molecule has 0 radical (unpaired) electrons. The quantitative estimate of drug-likeness (QED) is 0.732. The monoisotopic (exact) mass is 379 g/mol. The van der Waals surface area contributed by atoms with Gasteiger partial charge in [0.2, 0.25) is 0 Å². The van der Waals surface area contributed by atoms with Gasteiger partial charge < -0.3 is 11.1 Å². The van der Waals surface area contributed by atoms with E-state index in [1.165, 1.54) is 0 Å². The Bertz CT molecular complexity index is 1110. The third-order valence-electron chi connectivity index (χ3n) is 4.36. The summed E-state index contributed by atoms with van der Waals surface area (Å²) in [6.45, 7) is 0.439. The number of nitrogen functional groups attached to an aromatic ring is 1. The summed E-state index contributed by atoms with van der Waals surface area (Å²) in [5, 5.41) is 2.36. The zero-order valence-electron chi connectivity index (χ0n) is 14.6. The average molecular weight is 379 g/mol. The lowest BCUT2D eigenvalue weighted by Crippen LogP contribution is -2.28. The molecule has 140 valence electrons. The summed E-state index contributed by atoms with van der Waals surface area (Å²) in [5.41, 5.74) is 9.73. The van der Waals surface area contributed by atoms with Gasteiger partial charge in [0.25, 0.3) is 5.91 Å². The molecule has 1 amide bonds. The van der Waals surface area contributed by atoms with Gasteiger partial charge in [0.15, 0.2) is 11.6 Å². The van der Waals surface area contributed by atoms with Crippen molar-refractivity contribution in [2.24, 2.45) is 4.99 Å². The van der Waals surface area contributed by atoms with E-state index >= 15 is 0 Å². The van der Waals surface area contributed by atoms with Crippen molar-refractivity contribution in [3.63, 3.8) is 0 Å². The Morgan fingerprint density at radius 1 is 1.07 bits per heavy atom.